The van der Waals surface area contributed by atoms with Gasteiger partial charge in [-0.3, -0.25) is 4.79 Å². The number of ether oxygens (including phenoxy) is 2. The Bertz CT molecular complexity index is 470. The lowest BCUT2D eigenvalue weighted by Crippen LogP contribution is -2.30. The van der Waals surface area contributed by atoms with Gasteiger partial charge in [-0.05, 0) is 28.1 Å². The molecule has 0 radical (unpaired) electrons. The second-order valence-electron chi connectivity index (χ2n) is 4.35. The fourth-order valence-electron chi connectivity index (χ4n) is 1.78. The smallest absolute Gasteiger partial charge is 0.221 e. The standard InChI is InChI=1S/C14H20Br2N2O3/c1-20-6-5-18-13(19)3-4-17-9-10-7-11(15)8-12(16)14(10)21-2/h7-8,17H,3-6,9H2,1-2H3,(H,18,19). The molecule has 5 nitrogen and oxygen atoms in total. The Balaban J connectivity index is 2.37. The second-order valence-corrected chi connectivity index (χ2v) is 6.12. The molecule has 2 N–H and O–H groups in total. The van der Waals surface area contributed by atoms with Crippen LogP contribution in [-0.2, 0) is 16.1 Å². The van der Waals surface area contributed by atoms with E-state index in [1.54, 1.807) is 14.2 Å². The van der Waals surface area contributed by atoms with Crippen molar-refractivity contribution in [3.05, 3.63) is 26.6 Å². The van der Waals surface area contributed by atoms with Crippen LogP contribution < -0.4 is 15.4 Å². The SMILES string of the molecule is COCCNC(=O)CCNCc1cc(Br)cc(Br)c1OC. The number of amides is 1. The maximum absolute atomic E-state index is 11.5. The van der Waals surface area contributed by atoms with Crippen LogP contribution in [0, 0.1) is 0 Å². The average Bonchev–Trinajstić information content (AvgIpc) is 2.43. The minimum Gasteiger partial charge on any atom is -0.495 e. The lowest BCUT2D eigenvalue weighted by atomic mass is 10.2. The molecule has 0 aliphatic carbocycles. The molecule has 0 saturated heterocycles. The molecule has 1 rings (SSSR count). The van der Waals surface area contributed by atoms with E-state index in [1.165, 1.54) is 0 Å². The summed E-state index contributed by atoms with van der Waals surface area (Å²) in [5.41, 5.74) is 1.03. The summed E-state index contributed by atoms with van der Waals surface area (Å²) in [4.78, 5) is 11.5. The van der Waals surface area contributed by atoms with E-state index in [-0.39, 0.29) is 5.91 Å². The van der Waals surface area contributed by atoms with E-state index in [9.17, 15) is 4.79 Å². The Kier molecular flexibility index (Phi) is 8.91. The predicted octanol–water partition coefficient (Wildman–Crippen LogP) is 2.46. The zero-order valence-corrected chi connectivity index (χ0v) is 15.3. The molecule has 1 amide bonds. The molecule has 0 bridgehead atoms. The second kappa shape index (κ2) is 10.2. The van der Waals surface area contributed by atoms with E-state index in [0.717, 1.165) is 20.3 Å². The topological polar surface area (TPSA) is 59.6 Å². The summed E-state index contributed by atoms with van der Waals surface area (Å²) < 4.78 is 12.1. The number of rotatable bonds is 9. The molecule has 0 atom stereocenters. The molecule has 0 fully saturated rings. The van der Waals surface area contributed by atoms with Crippen molar-refractivity contribution >= 4 is 37.8 Å². The number of halogens is 2. The minimum absolute atomic E-state index is 0.0157. The number of hydrogen-bond donors (Lipinski definition) is 2. The van der Waals surface area contributed by atoms with Crippen LogP contribution in [0.4, 0.5) is 0 Å². The van der Waals surface area contributed by atoms with Gasteiger partial charge in [0.25, 0.3) is 0 Å². The van der Waals surface area contributed by atoms with Crippen molar-refractivity contribution in [1.29, 1.82) is 0 Å². The lowest BCUT2D eigenvalue weighted by molar-refractivity contribution is -0.121. The van der Waals surface area contributed by atoms with Crippen LogP contribution in [0.5, 0.6) is 5.75 Å². The summed E-state index contributed by atoms with van der Waals surface area (Å²) in [5, 5.41) is 6.02. The van der Waals surface area contributed by atoms with Crippen molar-refractivity contribution in [2.24, 2.45) is 0 Å². The molecule has 21 heavy (non-hydrogen) atoms. The van der Waals surface area contributed by atoms with Crippen LogP contribution in [0.15, 0.2) is 21.1 Å². The van der Waals surface area contributed by atoms with Crippen LogP contribution in [0.2, 0.25) is 0 Å². The lowest BCUT2D eigenvalue weighted by Gasteiger charge is -2.12. The highest BCUT2D eigenvalue weighted by Crippen LogP contribution is 2.32. The van der Waals surface area contributed by atoms with E-state index >= 15 is 0 Å². The summed E-state index contributed by atoms with van der Waals surface area (Å²) in [6.45, 7) is 2.31. The van der Waals surface area contributed by atoms with Crippen LogP contribution in [0.25, 0.3) is 0 Å². The van der Waals surface area contributed by atoms with E-state index < -0.39 is 0 Å². The molecule has 1 aromatic carbocycles. The molecule has 0 saturated carbocycles. The third kappa shape index (κ3) is 6.78. The fourth-order valence-corrected chi connectivity index (χ4v) is 3.26. The van der Waals surface area contributed by atoms with Crippen molar-refractivity contribution in [3.63, 3.8) is 0 Å². The van der Waals surface area contributed by atoms with E-state index in [1.807, 2.05) is 12.1 Å². The molecular weight excluding hydrogens is 404 g/mol. The van der Waals surface area contributed by atoms with Gasteiger partial charge < -0.3 is 20.1 Å². The zero-order valence-electron chi connectivity index (χ0n) is 12.2. The summed E-state index contributed by atoms with van der Waals surface area (Å²) in [5.74, 6) is 0.817. The van der Waals surface area contributed by atoms with Crippen LogP contribution in [-0.4, -0.2) is 39.8 Å². The molecule has 0 aliphatic heterocycles. The van der Waals surface area contributed by atoms with E-state index in [4.69, 9.17) is 9.47 Å². The van der Waals surface area contributed by atoms with Gasteiger partial charge in [0.2, 0.25) is 5.91 Å². The Morgan fingerprint density at radius 3 is 2.67 bits per heavy atom. The number of benzene rings is 1. The third-order valence-corrected chi connectivity index (χ3v) is 3.81. The largest absolute Gasteiger partial charge is 0.495 e. The van der Waals surface area contributed by atoms with Crippen LogP contribution in [0.3, 0.4) is 0 Å². The molecule has 0 heterocycles. The number of carbonyl (C=O) groups is 1. The molecule has 118 valence electrons. The summed E-state index contributed by atoms with van der Waals surface area (Å²) in [7, 11) is 3.25. The highest BCUT2D eigenvalue weighted by atomic mass is 79.9. The summed E-state index contributed by atoms with van der Waals surface area (Å²) in [6.07, 6.45) is 0.432. The average molecular weight is 424 g/mol. The quantitative estimate of drug-likeness (QED) is 0.599. The van der Waals surface area contributed by atoms with Gasteiger partial charge in [-0.25, -0.2) is 0 Å². The highest BCUT2D eigenvalue weighted by molar-refractivity contribution is 9.11. The van der Waals surface area contributed by atoms with Gasteiger partial charge in [0.05, 0.1) is 18.2 Å². The van der Waals surface area contributed by atoms with Gasteiger partial charge in [0.15, 0.2) is 0 Å². The number of methoxy groups -OCH3 is 2. The zero-order chi connectivity index (χ0) is 15.7. The highest BCUT2D eigenvalue weighted by Gasteiger charge is 2.09. The summed E-state index contributed by atoms with van der Waals surface area (Å²) >= 11 is 6.92. The molecule has 0 aromatic heterocycles. The van der Waals surface area contributed by atoms with Gasteiger partial charge >= 0.3 is 0 Å². The van der Waals surface area contributed by atoms with E-state index in [0.29, 0.717) is 32.7 Å². The first-order chi connectivity index (χ1) is 10.1. The van der Waals surface area contributed by atoms with Crippen molar-refractivity contribution in [2.45, 2.75) is 13.0 Å². The first-order valence-electron chi connectivity index (χ1n) is 6.56. The number of nitrogens with one attached hydrogen (secondary N) is 2. The van der Waals surface area contributed by atoms with Gasteiger partial charge in [-0.2, -0.15) is 0 Å². The van der Waals surface area contributed by atoms with Gasteiger partial charge in [0.1, 0.15) is 5.75 Å². The maximum Gasteiger partial charge on any atom is 0.221 e. The van der Waals surface area contributed by atoms with Crippen LogP contribution in [0.1, 0.15) is 12.0 Å². The van der Waals surface area contributed by atoms with Crippen molar-refractivity contribution in [3.8, 4) is 5.75 Å². The Hall–Kier alpha value is -0.630. The molecule has 0 unspecified atom stereocenters. The Morgan fingerprint density at radius 1 is 1.24 bits per heavy atom. The summed E-state index contributed by atoms with van der Waals surface area (Å²) in [6, 6.07) is 3.93. The van der Waals surface area contributed by atoms with Gasteiger partial charge in [-0.15, -0.1) is 0 Å². The first-order valence-corrected chi connectivity index (χ1v) is 8.15. The van der Waals surface area contributed by atoms with Crippen molar-refractivity contribution in [2.75, 3.05) is 33.9 Å². The monoisotopic (exact) mass is 422 g/mol. The van der Waals surface area contributed by atoms with Gasteiger partial charge in [-0.1, -0.05) is 15.9 Å². The maximum atomic E-state index is 11.5. The van der Waals surface area contributed by atoms with Crippen LogP contribution >= 0.6 is 31.9 Å². The molecule has 7 heteroatoms. The molecule has 1 aromatic rings. The Labute approximate surface area is 142 Å². The number of carbonyl (C=O) groups excluding carboxylic acids is 1. The molecule has 0 spiro atoms. The minimum atomic E-state index is 0.0157. The molecular formula is C14H20Br2N2O3. The Morgan fingerprint density at radius 2 is 2.00 bits per heavy atom. The predicted molar refractivity (Wildman–Crippen MR) is 89.6 cm³/mol. The fraction of sp³-hybridized carbons (Fsp3) is 0.500. The first kappa shape index (κ1) is 18.4. The van der Waals surface area contributed by atoms with Crippen molar-refractivity contribution < 1.29 is 14.3 Å². The molecule has 0 aliphatic rings. The number of hydrogen-bond acceptors (Lipinski definition) is 4. The van der Waals surface area contributed by atoms with Crippen molar-refractivity contribution in [1.82, 2.24) is 10.6 Å². The normalized spacial score (nSPS) is 10.5. The van der Waals surface area contributed by atoms with E-state index in [2.05, 4.69) is 42.5 Å². The third-order valence-electron chi connectivity index (χ3n) is 2.76. The van der Waals surface area contributed by atoms with Gasteiger partial charge in [0, 0.05) is 43.2 Å².